The summed E-state index contributed by atoms with van der Waals surface area (Å²) in [6.45, 7) is 1.50. The van der Waals surface area contributed by atoms with Crippen LogP contribution in [-0.4, -0.2) is 26.2 Å². The minimum Gasteiger partial charge on any atom is -0.496 e. The number of amides is 1. The molecule has 5 heteroatoms. The van der Waals surface area contributed by atoms with Gasteiger partial charge in [-0.25, -0.2) is 0 Å². The van der Waals surface area contributed by atoms with Crippen molar-refractivity contribution >= 4 is 5.91 Å². The molecular weight excluding hydrogens is 294 g/mol. The highest BCUT2D eigenvalue weighted by molar-refractivity contribution is 5.89. The van der Waals surface area contributed by atoms with Gasteiger partial charge in [0.05, 0.1) is 25.3 Å². The summed E-state index contributed by atoms with van der Waals surface area (Å²) in [6, 6.07) is 11.4. The fraction of sp³-hybridized carbons (Fsp3) is 0.389. The second kappa shape index (κ2) is 6.87. The molecule has 0 spiro atoms. The topological polar surface area (TPSA) is 60.7 Å². The van der Waals surface area contributed by atoms with Crippen molar-refractivity contribution in [2.45, 2.75) is 24.8 Å². The van der Waals surface area contributed by atoms with Gasteiger partial charge >= 0.3 is 0 Å². The number of hydrogen-bond acceptors (Lipinski definition) is 4. The van der Waals surface area contributed by atoms with Crippen molar-refractivity contribution in [3.05, 3.63) is 54.0 Å². The van der Waals surface area contributed by atoms with Crippen LogP contribution in [0.3, 0.4) is 0 Å². The largest absolute Gasteiger partial charge is 0.496 e. The van der Waals surface area contributed by atoms with Gasteiger partial charge in [-0.05, 0) is 31.0 Å². The Bertz CT molecular complexity index is 645. The quantitative estimate of drug-likeness (QED) is 0.921. The van der Waals surface area contributed by atoms with Crippen LogP contribution >= 0.6 is 0 Å². The van der Waals surface area contributed by atoms with Gasteiger partial charge in [0.1, 0.15) is 11.5 Å². The molecule has 0 saturated carbocycles. The molecule has 1 aliphatic heterocycles. The monoisotopic (exact) mass is 315 g/mol. The number of nitrogens with one attached hydrogen (secondary N) is 1. The lowest BCUT2D eigenvalue weighted by atomic mass is 9.73. The highest BCUT2D eigenvalue weighted by atomic mass is 16.5. The number of ether oxygens (including phenoxy) is 2. The molecule has 1 aromatic heterocycles. The van der Waals surface area contributed by atoms with E-state index in [1.165, 1.54) is 0 Å². The number of methoxy groups -OCH3 is 1. The summed E-state index contributed by atoms with van der Waals surface area (Å²) in [5.41, 5.74) is 0.292. The van der Waals surface area contributed by atoms with Gasteiger partial charge in [0, 0.05) is 18.8 Å². The van der Waals surface area contributed by atoms with Crippen LogP contribution in [0.1, 0.15) is 24.2 Å². The van der Waals surface area contributed by atoms with Gasteiger partial charge in [0.25, 0.3) is 0 Å². The summed E-state index contributed by atoms with van der Waals surface area (Å²) in [5, 5.41) is 3.00. The Hall–Kier alpha value is -2.27. The van der Waals surface area contributed by atoms with Crippen molar-refractivity contribution in [1.29, 1.82) is 0 Å². The SMILES string of the molecule is COc1ccccc1C1(C(=O)NCc2ccco2)CCOCC1. The highest BCUT2D eigenvalue weighted by Crippen LogP contribution is 2.40. The van der Waals surface area contributed by atoms with Crippen LogP contribution in [-0.2, 0) is 21.5 Å². The van der Waals surface area contributed by atoms with Crippen LogP contribution < -0.4 is 10.1 Å². The van der Waals surface area contributed by atoms with Crippen molar-refractivity contribution < 1.29 is 18.7 Å². The van der Waals surface area contributed by atoms with E-state index in [9.17, 15) is 4.79 Å². The van der Waals surface area contributed by atoms with Gasteiger partial charge in [-0.2, -0.15) is 0 Å². The number of carbonyl (C=O) groups excluding carboxylic acids is 1. The molecule has 23 heavy (non-hydrogen) atoms. The standard InChI is InChI=1S/C18H21NO4/c1-21-16-7-3-2-6-15(16)18(8-11-22-12-9-18)17(20)19-13-14-5-4-10-23-14/h2-7,10H,8-9,11-13H2,1H3,(H,19,20). The molecule has 2 heterocycles. The van der Waals surface area contributed by atoms with Crippen molar-refractivity contribution in [3.63, 3.8) is 0 Å². The Kier molecular flexibility index (Phi) is 4.67. The second-order valence-corrected chi connectivity index (χ2v) is 5.66. The molecule has 0 radical (unpaired) electrons. The average Bonchev–Trinajstić information content (AvgIpc) is 3.13. The van der Waals surface area contributed by atoms with Crippen LogP contribution in [0, 0.1) is 0 Å². The van der Waals surface area contributed by atoms with E-state index in [1.54, 1.807) is 13.4 Å². The molecule has 1 fully saturated rings. The molecule has 2 aromatic rings. The molecule has 1 amide bonds. The van der Waals surface area contributed by atoms with E-state index in [1.807, 2.05) is 36.4 Å². The van der Waals surface area contributed by atoms with E-state index in [2.05, 4.69) is 5.32 Å². The number of benzene rings is 1. The number of carbonyl (C=O) groups is 1. The van der Waals surface area contributed by atoms with Crippen molar-refractivity contribution in [1.82, 2.24) is 5.32 Å². The number of rotatable bonds is 5. The molecule has 1 N–H and O–H groups in total. The Balaban J connectivity index is 1.88. The number of hydrogen-bond donors (Lipinski definition) is 1. The third-order valence-corrected chi connectivity index (χ3v) is 4.41. The normalized spacial score (nSPS) is 16.7. The van der Waals surface area contributed by atoms with Crippen LogP contribution in [0.25, 0.3) is 0 Å². The fourth-order valence-corrected chi connectivity index (χ4v) is 3.13. The summed E-state index contributed by atoms with van der Waals surface area (Å²) >= 11 is 0. The summed E-state index contributed by atoms with van der Waals surface area (Å²) < 4.78 is 16.3. The van der Waals surface area contributed by atoms with Crippen LogP contribution in [0.4, 0.5) is 0 Å². The molecule has 122 valence electrons. The Morgan fingerprint density at radius 1 is 1.22 bits per heavy atom. The number of para-hydroxylation sites is 1. The van der Waals surface area contributed by atoms with Gasteiger partial charge in [-0.3, -0.25) is 4.79 Å². The minimum atomic E-state index is -0.628. The first-order valence-electron chi connectivity index (χ1n) is 7.78. The lowest BCUT2D eigenvalue weighted by Gasteiger charge is -2.36. The van der Waals surface area contributed by atoms with Crippen molar-refractivity contribution in [2.24, 2.45) is 0 Å². The first-order chi connectivity index (χ1) is 11.3. The number of furan rings is 1. The Labute approximate surface area is 135 Å². The van der Waals surface area contributed by atoms with Gasteiger partial charge in [-0.15, -0.1) is 0 Å². The molecule has 3 rings (SSSR count). The molecular formula is C18H21NO4. The average molecular weight is 315 g/mol. The third-order valence-electron chi connectivity index (χ3n) is 4.41. The maximum Gasteiger partial charge on any atom is 0.231 e. The maximum atomic E-state index is 13.0. The molecule has 5 nitrogen and oxygen atoms in total. The lowest BCUT2D eigenvalue weighted by Crippen LogP contribution is -2.48. The van der Waals surface area contributed by atoms with Crippen molar-refractivity contribution in [2.75, 3.05) is 20.3 Å². The predicted molar refractivity (Wildman–Crippen MR) is 85.3 cm³/mol. The maximum absolute atomic E-state index is 13.0. The van der Waals surface area contributed by atoms with Crippen molar-refractivity contribution in [3.8, 4) is 5.75 Å². The molecule has 0 bridgehead atoms. The zero-order valence-electron chi connectivity index (χ0n) is 13.2. The van der Waals surface area contributed by atoms with Gasteiger partial charge in [-0.1, -0.05) is 18.2 Å². The third kappa shape index (κ3) is 3.10. The zero-order valence-corrected chi connectivity index (χ0v) is 13.2. The molecule has 0 aliphatic carbocycles. The van der Waals surface area contributed by atoms with Gasteiger partial charge < -0.3 is 19.2 Å². The fourth-order valence-electron chi connectivity index (χ4n) is 3.13. The van der Waals surface area contributed by atoms with E-state index < -0.39 is 5.41 Å². The van der Waals surface area contributed by atoms with E-state index in [-0.39, 0.29) is 5.91 Å². The first-order valence-corrected chi connectivity index (χ1v) is 7.78. The van der Waals surface area contributed by atoms with E-state index >= 15 is 0 Å². The van der Waals surface area contributed by atoms with E-state index in [4.69, 9.17) is 13.9 Å². The summed E-state index contributed by atoms with van der Waals surface area (Å²) in [6.07, 6.45) is 2.88. The summed E-state index contributed by atoms with van der Waals surface area (Å²) in [4.78, 5) is 13.0. The highest BCUT2D eigenvalue weighted by Gasteiger charge is 2.43. The van der Waals surface area contributed by atoms with Crippen LogP contribution in [0.2, 0.25) is 0 Å². The zero-order chi connectivity index (χ0) is 16.1. The molecule has 0 unspecified atom stereocenters. The van der Waals surface area contributed by atoms with Crippen LogP contribution in [0.15, 0.2) is 47.1 Å². The van der Waals surface area contributed by atoms with Gasteiger partial charge in [0.2, 0.25) is 5.91 Å². The molecule has 1 aromatic carbocycles. The first kappa shape index (κ1) is 15.6. The van der Waals surface area contributed by atoms with E-state index in [0.29, 0.717) is 32.6 Å². The second-order valence-electron chi connectivity index (χ2n) is 5.66. The molecule has 1 aliphatic rings. The summed E-state index contributed by atoms with van der Waals surface area (Å²) in [5.74, 6) is 1.46. The van der Waals surface area contributed by atoms with Crippen LogP contribution in [0.5, 0.6) is 5.75 Å². The lowest BCUT2D eigenvalue weighted by molar-refractivity contribution is -0.130. The van der Waals surface area contributed by atoms with E-state index in [0.717, 1.165) is 17.1 Å². The minimum absolute atomic E-state index is 0.0123. The van der Waals surface area contributed by atoms with Gasteiger partial charge in [0.15, 0.2) is 0 Å². The summed E-state index contributed by atoms with van der Waals surface area (Å²) in [7, 11) is 1.63. The smallest absolute Gasteiger partial charge is 0.231 e. The molecule has 0 atom stereocenters. The Morgan fingerprint density at radius 2 is 2.00 bits per heavy atom. The molecule has 1 saturated heterocycles. The Morgan fingerprint density at radius 3 is 2.70 bits per heavy atom. The predicted octanol–water partition coefficient (Wildman–Crippen LogP) is 2.65.